The maximum absolute atomic E-state index is 14.6. The number of nitrogens with zero attached hydrogens (tertiary/aromatic N) is 1. The molecule has 156 valence electrons. The van der Waals surface area contributed by atoms with Crippen LogP contribution in [0, 0.1) is 6.92 Å². The van der Waals surface area contributed by atoms with E-state index in [0.717, 1.165) is 27.6 Å². The van der Waals surface area contributed by atoms with E-state index in [1.54, 1.807) is 0 Å². The summed E-state index contributed by atoms with van der Waals surface area (Å²) in [5, 5.41) is 4.97. The van der Waals surface area contributed by atoms with Crippen molar-refractivity contribution in [1.82, 2.24) is 10.1 Å². The monoisotopic (exact) mass is 427 g/mol. The maximum Gasteiger partial charge on any atom is 0.205 e. The Balaban J connectivity index is 1.83. The summed E-state index contributed by atoms with van der Waals surface area (Å²) in [5.74, 6) is 0. The van der Waals surface area contributed by atoms with E-state index in [9.17, 15) is 4.57 Å². The number of aryl methyl sites for hydroxylation is 1. The first-order valence-electron chi connectivity index (χ1n) is 10.3. The fourth-order valence-corrected chi connectivity index (χ4v) is 6.19. The van der Waals surface area contributed by atoms with E-state index in [1.165, 1.54) is 0 Å². The Morgan fingerprint density at radius 1 is 0.742 bits per heavy atom. The van der Waals surface area contributed by atoms with Crippen LogP contribution < -0.4 is 21.4 Å². The number of hydrogen-bond acceptors (Lipinski definition) is 3. The molecule has 0 amide bonds. The van der Waals surface area contributed by atoms with Crippen molar-refractivity contribution in [2.24, 2.45) is 5.73 Å². The molecule has 0 saturated carbocycles. The number of nitrogens with one attached hydrogen (secondary N) is 1. The average molecular weight is 427 g/mol. The molecule has 4 nitrogen and oxygen atoms in total. The lowest BCUT2D eigenvalue weighted by molar-refractivity contribution is 0.503. The largest absolute Gasteiger partial charge is 0.321 e. The van der Waals surface area contributed by atoms with Gasteiger partial charge in [0.2, 0.25) is 7.29 Å². The number of pyridine rings is 1. The molecule has 3 N–H and O–H groups in total. The first-order valence-corrected chi connectivity index (χ1v) is 12.0. The highest BCUT2D eigenvalue weighted by molar-refractivity contribution is 7.76. The van der Waals surface area contributed by atoms with Gasteiger partial charge in [0.15, 0.2) is 0 Å². The topological polar surface area (TPSA) is 68.0 Å². The van der Waals surface area contributed by atoms with Crippen LogP contribution in [0.4, 0.5) is 0 Å². The molecule has 0 aliphatic carbocycles. The van der Waals surface area contributed by atoms with Crippen molar-refractivity contribution in [2.75, 3.05) is 0 Å². The molecular formula is C26H26N3OP. The van der Waals surface area contributed by atoms with Crippen LogP contribution in [-0.4, -0.2) is 4.98 Å². The molecule has 0 aliphatic heterocycles. The Bertz CT molecular complexity index is 1120. The molecule has 4 rings (SSSR count). The second-order valence-electron chi connectivity index (χ2n) is 7.53. The smallest absolute Gasteiger partial charge is 0.205 e. The van der Waals surface area contributed by atoms with Crippen molar-refractivity contribution < 1.29 is 4.57 Å². The van der Waals surface area contributed by atoms with Gasteiger partial charge < -0.3 is 5.73 Å². The predicted octanol–water partition coefficient (Wildman–Crippen LogP) is 4.65. The summed E-state index contributed by atoms with van der Waals surface area (Å²) in [6.07, 6.45) is 0. The van der Waals surface area contributed by atoms with Crippen LogP contribution in [0.15, 0.2) is 109 Å². The van der Waals surface area contributed by atoms with Crippen molar-refractivity contribution in [3.63, 3.8) is 0 Å². The van der Waals surface area contributed by atoms with Gasteiger partial charge in [0.25, 0.3) is 0 Å². The third kappa shape index (κ3) is 4.67. The number of hydrogen-bond donors (Lipinski definition) is 2. The van der Waals surface area contributed by atoms with Crippen molar-refractivity contribution in [3.8, 4) is 0 Å². The molecule has 4 aromatic rings. The first kappa shape index (κ1) is 21.2. The molecule has 5 heteroatoms. The molecule has 1 heterocycles. The van der Waals surface area contributed by atoms with Crippen molar-refractivity contribution in [3.05, 3.63) is 126 Å². The van der Waals surface area contributed by atoms with Gasteiger partial charge >= 0.3 is 0 Å². The summed E-state index contributed by atoms with van der Waals surface area (Å²) in [6.45, 7) is 1.94. The zero-order valence-corrected chi connectivity index (χ0v) is 18.3. The van der Waals surface area contributed by atoms with E-state index in [2.05, 4.69) is 10.1 Å². The standard InChI is InChI=1S/C26H26N3OP/c1-20-12-11-19-24(28-20)25(27)26(21-13-5-2-6-14-21)29-31(30,22-15-7-3-8-16-22)23-17-9-4-10-18-23/h2-19,25-26H,27H2,1H3,(H,29,30)/t25-,26+/m0/s1. The summed E-state index contributed by atoms with van der Waals surface area (Å²) in [6, 6.07) is 33.9. The minimum atomic E-state index is -3.19. The van der Waals surface area contributed by atoms with Crippen LogP contribution in [0.5, 0.6) is 0 Å². The summed E-state index contributed by atoms with van der Waals surface area (Å²) in [7, 11) is -3.19. The highest BCUT2D eigenvalue weighted by Gasteiger charge is 2.34. The summed E-state index contributed by atoms with van der Waals surface area (Å²) in [4.78, 5) is 4.64. The third-order valence-electron chi connectivity index (χ3n) is 5.33. The Kier molecular flexibility index (Phi) is 6.43. The normalized spacial score (nSPS) is 13.5. The highest BCUT2D eigenvalue weighted by Crippen LogP contribution is 2.44. The average Bonchev–Trinajstić information content (AvgIpc) is 2.83. The van der Waals surface area contributed by atoms with Crippen LogP contribution in [0.1, 0.15) is 29.0 Å². The van der Waals surface area contributed by atoms with E-state index < -0.39 is 19.4 Å². The number of aromatic nitrogens is 1. The van der Waals surface area contributed by atoms with E-state index in [0.29, 0.717) is 0 Å². The first-order chi connectivity index (χ1) is 15.1. The Morgan fingerprint density at radius 3 is 1.77 bits per heavy atom. The van der Waals surface area contributed by atoms with Gasteiger partial charge in [0.05, 0.1) is 17.8 Å². The third-order valence-corrected chi connectivity index (χ3v) is 8.02. The summed E-state index contributed by atoms with van der Waals surface area (Å²) >= 11 is 0. The van der Waals surface area contributed by atoms with E-state index in [-0.39, 0.29) is 0 Å². The van der Waals surface area contributed by atoms with Gasteiger partial charge in [-0.2, -0.15) is 0 Å². The van der Waals surface area contributed by atoms with Gasteiger partial charge in [0.1, 0.15) is 0 Å². The van der Waals surface area contributed by atoms with Crippen molar-refractivity contribution in [1.29, 1.82) is 0 Å². The SMILES string of the molecule is Cc1cccc([C@H](N)[C@H](NP(=O)(c2ccccc2)c2ccccc2)c2ccccc2)n1. The van der Waals surface area contributed by atoms with Crippen LogP contribution in [0.3, 0.4) is 0 Å². The lowest BCUT2D eigenvalue weighted by Gasteiger charge is -2.31. The van der Waals surface area contributed by atoms with E-state index in [1.807, 2.05) is 116 Å². The molecule has 1 aromatic heterocycles. The maximum atomic E-state index is 14.6. The Labute approximate surface area is 183 Å². The molecule has 3 aromatic carbocycles. The molecule has 0 fully saturated rings. The molecule has 0 saturated heterocycles. The minimum absolute atomic E-state index is 0.401. The van der Waals surface area contributed by atoms with Gasteiger partial charge in [0, 0.05) is 16.3 Å². The zero-order chi connectivity index (χ0) is 21.7. The fraction of sp³-hybridized carbons (Fsp3) is 0.115. The summed E-state index contributed by atoms with van der Waals surface area (Å²) in [5.41, 5.74) is 9.38. The summed E-state index contributed by atoms with van der Waals surface area (Å²) < 4.78 is 14.6. The van der Waals surface area contributed by atoms with Crippen LogP contribution in [-0.2, 0) is 4.57 Å². The number of benzene rings is 3. The quantitative estimate of drug-likeness (QED) is 0.421. The second-order valence-corrected chi connectivity index (χ2v) is 10.0. The molecule has 0 radical (unpaired) electrons. The fourth-order valence-electron chi connectivity index (χ4n) is 3.71. The van der Waals surface area contributed by atoms with Gasteiger partial charge in [-0.25, -0.2) is 0 Å². The van der Waals surface area contributed by atoms with Crippen molar-refractivity contribution in [2.45, 2.75) is 19.0 Å². The van der Waals surface area contributed by atoms with Gasteiger partial charge in [-0.1, -0.05) is 72.8 Å². The van der Waals surface area contributed by atoms with E-state index >= 15 is 0 Å². The zero-order valence-electron chi connectivity index (χ0n) is 17.4. The molecule has 0 aliphatic rings. The lowest BCUT2D eigenvalue weighted by Crippen LogP contribution is -2.36. The minimum Gasteiger partial charge on any atom is -0.321 e. The van der Waals surface area contributed by atoms with Gasteiger partial charge in [-0.15, -0.1) is 0 Å². The Morgan fingerprint density at radius 2 is 1.26 bits per heavy atom. The second kappa shape index (κ2) is 9.40. The van der Waals surface area contributed by atoms with Gasteiger partial charge in [-0.05, 0) is 48.9 Å². The van der Waals surface area contributed by atoms with Gasteiger partial charge in [-0.3, -0.25) is 14.6 Å². The predicted molar refractivity (Wildman–Crippen MR) is 128 cm³/mol. The molecule has 31 heavy (non-hydrogen) atoms. The van der Waals surface area contributed by atoms with Crippen LogP contribution in [0.2, 0.25) is 0 Å². The molecule has 0 spiro atoms. The molecule has 0 bridgehead atoms. The van der Waals surface area contributed by atoms with Crippen molar-refractivity contribution >= 4 is 17.9 Å². The molecule has 2 atom stereocenters. The Hall–Kier alpha value is -3.04. The van der Waals surface area contributed by atoms with Crippen LogP contribution >= 0.6 is 7.29 Å². The lowest BCUT2D eigenvalue weighted by atomic mass is 9.98. The molecular weight excluding hydrogens is 401 g/mol. The number of rotatable bonds is 7. The van der Waals surface area contributed by atoms with Crippen LogP contribution in [0.25, 0.3) is 0 Å². The number of nitrogens with two attached hydrogens (primary N) is 1. The highest BCUT2D eigenvalue weighted by atomic mass is 31.2. The molecule has 0 unspecified atom stereocenters. The van der Waals surface area contributed by atoms with E-state index in [4.69, 9.17) is 5.73 Å².